The number of amides is 1. The molecule has 6 heteroatoms. The monoisotopic (exact) mass is 333 g/mol. The third-order valence-electron chi connectivity index (χ3n) is 5.07. The van der Waals surface area contributed by atoms with E-state index in [1.165, 1.54) is 5.56 Å². The Bertz CT molecular complexity index is 585. The van der Waals surface area contributed by atoms with Crippen LogP contribution in [0.25, 0.3) is 0 Å². The van der Waals surface area contributed by atoms with E-state index in [9.17, 15) is 4.79 Å². The van der Waals surface area contributed by atoms with E-state index in [0.29, 0.717) is 6.79 Å². The number of nitrogens with zero attached hydrogens (tertiary/aromatic N) is 2. The lowest BCUT2D eigenvalue weighted by molar-refractivity contribution is -0.135. The highest BCUT2D eigenvalue weighted by molar-refractivity contribution is 5.82. The van der Waals surface area contributed by atoms with Gasteiger partial charge in [0, 0.05) is 32.7 Å². The molecular weight excluding hydrogens is 306 g/mol. The molecule has 2 atom stereocenters. The van der Waals surface area contributed by atoms with Gasteiger partial charge in [-0.25, -0.2) is 0 Å². The summed E-state index contributed by atoms with van der Waals surface area (Å²) in [6.45, 7) is 8.49. The number of hydrogen-bond acceptors (Lipinski definition) is 5. The van der Waals surface area contributed by atoms with Crippen molar-refractivity contribution in [2.75, 3.05) is 33.0 Å². The maximum absolute atomic E-state index is 12.4. The number of piperazine rings is 1. The van der Waals surface area contributed by atoms with Gasteiger partial charge in [-0.15, -0.1) is 0 Å². The molecule has 0 radical (unpaired) electrons. The fraction of sp³-hybridized carbons (Fsp3) is 0.611. The molecule has 2 aliphatic rings. The van der Waals surface area contributed by atoms with Gasteiger partial charge in [-0.05, 0) is 23.6 Å². The number of hydrogen-bond donors (Lipinski definition) is 1. The Kier molecular flexibility index (Phi) is 5.26. The van der Waals surface area contributed by atoms with Crippen LogP contribution in [0.3, 0.4) is 0 Å². The Hall–Kier alpha value is -1.79. The van der Waals surface area contributed by atoms with Crippen molar-refractivity contribution in [3.8, 4) is 11.5 Å². The molecule has 1 fully saturated rings. The van der Waals surface area contributed by atoms with Crippen molar-refractivity contribution in [1.29, 1.82) is 0 Å². The van der Waals surface area contributed by atoms with Crippen molar-refractivity contribution in [2.45, 2.75) is 32.9 Å². The van der Waals surface area contributed by atoms with Gasteiger partial charge in [0.2, 0.25) is 12.7 Å². The molecule has 3 rings (SSSR count). The second-order valence-electron chi connectivity index (χ2n) is 6.70. The minimum atomic E-state index is -0.379. The van der Waals surface area contributed by atoms with Gasteiger partial charge in [-0.1, -0.05) is 26.3 Å². The SMILES string of the molecule is CC[C@H](C)[C@@H](N)C(=O)N1CCN(Cc2ccc3c(c2)OCO3)CC1. The molecule has 1 saturated heterocycles. The standard InChI is InChI=1S/C18H27N3O3/c1-3-13(2)17(19)18(22)21-8-6-20(7-9-21)11-14-4-5-15-16(10-14)24-12-23-15/h4-5,10,13,17H,3,6-9,11-12,19H2,1-2H3/t13-,17+/m0/s1. The third-order valence-corrected chi connectivity index (χ3v) is 5.07. The molecule has 0 saturated carbocycles. The summed E-state index contributed by atoms with van der Waals surface area (Å²) in [5, 5.41) is 0. The van der Waals surface area contributed by atoms with Crippen LogP contribution in [-0.4, -0.2) is 54.7 Å². The van der Waals surface area contributed by atoms with E-state index in [2.05, 4.69) is 17.9 Å². The quantitative estimate of drug-likeness (QED) is 0.883. The zero-order valence-electron chi connectivity index (χ0n) is 14.5. The zero-order chi connectivity index (χ0) is 17.1. The first kappa shape index (κ1) is 17.0. The van der Waals surface area contributed by atoms with Gasteiger partial charge in [0.1, 0.15) is 0 Å². The van der Waals surface area contributed by atoms with Crippen molar-refractivity contribution >= 4 is 5.91 Å². The van der Waals surface area contributed by atoms with Crippen LogP contribution in [0.5, 0.6) is 11.5 Å². The van der Waals surface area contributed by atoms with Crippen LogP contribution in [0.15, 0.2) is 18.2 Å². The van der Waals surface area contributed by atoms with Crippen molar-refractivity contribution in [2.24, 2.45) is 11.7 Å². The largest absolute Gasteiger partial charge is 0.454 e. The summed E-state index contributed by atoms with van der Waals surface area (Å²) in [7, 11) is 0. The average Bonchev–Trinajstić information content (AvgIpc) is 3.08. The van der Waals surface area contributed by atoms with E-state index in [1.54, 1.807) is 0 Å². The van der Waals surface area contributed by atoms with Gasteiger partial charge in [-0.3, -0.25) is 9.69 Å². The molecule has 0 spiro atoms. The Labute approximate surface area is 143 Å². The Morgan fingerprint density at radius 2 is 1.92 bits per heavy atom. The normalized spacial score (nSPS) is 20.0. The summed E-state index contributed by atoms with van der Waals surface area (Å²) in [5.41, 5.74) is 7.29. The van der Waals surface area contributed by atoms with Gasteiger partial charge < -0.3 is 20.1 Å². The molecule has 2 heterocycles. The van der Waals surface area contributed by atoms with Crippen LogP contribution in [0.4, 0.5) is 0 Å². The van der Waals surface area contributed by atoms with Crippen LogP contribution in [0.2, 0.25) is 0 Å². The molecule has 24 heavy (non-hydrogen) atoms. The smallest absolute Gasteiger partial charge is 0.239 e. The van der Waals surface area contributed by atoms with Gasteiger partial charge in [0.05, 0.1) is 6.04 Å². The maximum atomic E-state index is 12.4. The minimum Gasteiger partial charge on any atom is -0.454 e. The molecule has 0 bridgehead atoms. The molecule has 132 valence electrons. The van der Waals surface area contributed by atoms with Crippen molar-refractivity contribution in [1.82, 2.24) is 9.80 Å². The average molecular weight is 333 g/mol. The third kappa shape index (κ3) is 3.65. The van der Waals surface area contributed by atoms with Crippen LogP contribution in [-0.2, 0) is 11.3 Å². The molecule has 0 aliphatic carbocycles. The highest BCUT2D eigenvalue weighted by Crippen LogP contribution is 2.32. The van der Waals surface area contributed by atoms with Gasteiger partial charge in [0.25, 0.3) is 0 Å². The Morgan fingerprint density at radius 3 is 2.62 bits per heavy atom. The summed E-state index contributed by atoms with van der Waals surface area (Å²) < 4.78 is 10.8. The molecule has 0 aromatic heterocycles. The van der Waals surface area contributed by atoms with E-state index >= 15 is 0 Å². The number of ether oxygens (including phenoxy) is 2. The lowest BCUT2D eigenvalue weighted by atomic mass is 9.98. The molecule has 1 aromatic rings. The first-order valence-electron chi connectivity index (χ1n) is 8.73. The van der Waals surface area contributed by atoms with Gasteiger partial charge in [-0.2, -0.15) is 0 Å². The van der Waals surface area contributed by atoms with Gasteiger partial charge >= 0.3 is 0 Å². The minimum absolute atomic E-state index is 0.0899. The molecule has 1 amide bonds. The number of nitrogens with two attached hydrogens (primary N) is 1. The van der Waals surface area contributed by atoms with E-state index < -0.39 is 0 Å². The molecule has 2 aliphatic heterocycles. The van der Waals surface area contributed by atoms with Crippen molar-refractivity contribution in [3.63, 3.8) is 0 Å². The summed E-state index contributed by atoms with van der Waals surface area (Å²) >= 11 is 0. The number of carbonyl (C=O) groups excluding carboxylic acids is 1. The zero-order valence-corrected chi connectivity index (χ0v) is 14.5. The fourth-order valence-corrected chi connectivity index (χ4v) is 3.13. The van der Waals surface area contributed by atoms with Crippen molar-refractivity contribution < 1.29 is 14.3 Å². The maximum Gasteiger partial charge on any atom is 0.239 e. The number of rotatable bonds is 5. The van der Waals surface area contributed by atoms with Gasteiger partial charge in [0.15, 0.2) is 11.5 Å². The van der Waals surface area contributed by atoms with Crippen LogP contribution in [0, 0.1) is 5.92 Å². The van der Waals surface area contributed by atoms with E-state index in [-0.39, 0.29) is 17.9 Å². The Morgan fingerprint density at radius 1 is 1.21 bits per heavy atom. The lowest BCUT2D eigenvalue weighted by Crippen LogP contribution is -2.54. The summed E-state index contributed by atoms with van der Waals surface area (Å²) in [5.74, 6) is 1.95. The first-order valence-corrected chi connectivity index (χ1v) is 8.73. The molecular formula is C18H27N3O3. The van der Waals surface area contributed by atoms with E-state index in [0.717, 1.165) is 50.6 Å². The highest BCUT2D eigenvalue weighted by atomic mass is 16.7. The summed E-state index contributed by atoms with van der Waals surface area (Å²) in [6, 6.07) is 5.70. The molecule has 2 N–H and O–H groups in total. The molecule has 1 aromatic carbocycles. The predicted molar refractivity (Wildman–Crippen MR) is 91.9 cm³/mol. The van der Waals surface area contributed by atoms with Crippen LogP contribution >= 0.6 is 0 Å². The van der Waals surface area contributed by atoms with E-state index in [1.807, 2.05) is 24.0 Å². The van der Waals surface area contributed by atoms with Crippen molar-refractivity contribution in [3.05, 3.63) is 23.8 Å². The number of carbonyl (C=O) groups is 1. The second-order valence-corrected chi connectivity index (χ2v) is 6.70. The lowest BCUT2D eigenvalue weighted by Gasteiger charge is -2.36. The van der Waals surface area contributed by atoms with Crippen LogP contribution in [0.1, 0.15) is 25.8 Å². The molecule has 0 unspecified atom stereocenters. The summed E-state index contributed by atoms with van der Waals surface area (Å²) in [6.07, 6.45) is 0.928. The predicted octanol–water partition coefficient (Wildman–Crippen LogP) is 1.43. The second kappa shape index (κ2) is 7.40. The molecule has 6 nitrogen and oxygen atoms in total. The number of fused-ring (bicyclic) bond motifs is 1. The Balaban J connectivity index is 1.51. The van der Waals surface area contributed by atoms with Crippen LogP contribution < -0.4 is 15.2 Å². The fourth-order valence-electron chi connectivity index (χ4n) is 3.13. The topological polar surface area (TPSA) is 68.0 Å². The number of benzene rings is 1. The van der Waals surface area contributed by atoms with E-state index in [4.69, 9.17) is 15.2 Å². The highest BCUT2D eigenvalue weighted by Gasteiger charge is 2.28. The first-order chi connectivity index (χ1) is 11.6. The summed E-state index contributed by atoms with van der Waals surface area (Å²) in [4.78, 5) is 16.7.